The number of carbonyl (C=O) groups is 5. The summed E-state index contributed by atoms with van der Waals surface area (Å²) in [5.74, 6) is -5.07. The number of urea groups is 1. The van der Waals surface area contributed by atoms with Crippen molar-refractivity contribution in [2.24, 2.45) is 23.9 Å². The molecule has 45 heavy (non-hydrogen) atoms. The summed E-state index contributed by atoms with van der Waals surface area (Å²) >= 11 is 2.02. The fourth-order valence-electron chi connectivity index (χ4n) is 4.38. The van der Waals surface area contributed by atoms with E-state index in [0.717, 1.165) is 16.4 Å². The van der Waals surface area contributed by atoms with E-state index in [1.54, 1.807) is 11.7 Å². The van der Waals surface area contributed by atoms with Crippen molar-refractivity contribution in [1.82, 2.24) is 24.3 Å². The number of carboxylic acid groups (broad SMARTS) is 2. The van der Waals surface area contributed by atoms with Gasteiger partial charge in [0, 0.05) is 42.4 Å². The lowest BCUT2D eigenvalue weighted by atomic mass is 9.89. The molecular weight excluding hydrogens is 634 g/mol. The zero-order chi connectivity index (χ0) is 33.2. The maximum absolute atomic E-state index is 13.3. The van der Waals surface area contributed by atoms with Gasteiger partial charge < -0.3 is 42.4 Å². The number of carboxylic acids is 2. The molecule has 2 aliphatic heterocycles. The van der Waals surface area contributed by atoms with Crippen LogP contribution in [0.3, 0.4) is 0 Å². The largest absolute Gasteiger partial charge is 0.543 e. The Morgan fingerprint density at radius 3 is 2.62 bits per heavy atom. The molecule has 2 aromatic rings. The molecule has 0 bridgehead atoms. The smallest absolute Gasteiger partial charge is 0.350 e. The number of nitrogens with zero attached hydrogens (tertiary/aromatic N) is 6. The van der Waals surface area contributed by atoms with E-state index in [9.17, 15) is 34.2 Å². The number of Topliss-reactive ketones (excluding diaryl/α,β-unsaturated/α-hetero) is 1. The quantitative estimate of drug-likeness (QED) is 0.0545. The van der Waals surface area contributed by atoms with Crippen LogP contribution in [0.1, 0.15) is 26.1 Å². The molecule has 0 saturated carbocycles. The van der Waals surface area contributed by atoms with Gasteiger partial charge in [0.05, 0.1) is 30.0 Å². The molecule has 1 saturated heterocycles. The van der Waals surface area contributed by atoms with Gasteiger partial charge >= 0.3 is 12.0 Å². The first-order valence-corrected chi connectivity index (χ1v) is 15.1. The number of nitrogens with two attached hydrogens (primary N) is 3. The van der Waals surface area contributed by atoms with Crippen LogP contribution in [0.4, 0.5) is 21.4 Å². The average Bonchev–Trinajstić information content (AvgIpc) is 3.52. The van der Waals surface area contributed by atoms with Gasteiger partial charge in [-0.05, 0) is 13.8 Å². The summed E-state index contributed by atoms with van der Waals surface area (Å²) in [4.78, 5) is 72.5. The van der Waals surface area contributed by atoms with E-state index >= 15 is 0 Å². The predicted octanol–water partition coefficient (Wildman–Crippen LogP) is -2.81. The van der Waals surface area contributed by atoms with Gasteiger partial charge in [-0.25, -0.2) is 9.59 Å². The van der Waals surface area contributed by atoms with E-state index in [2.05, 4.69) is 25.1 Å². The van der Waals surface area contributed by atoms with E-state index in [1.807, 2.05) is 0 Å². The lowest BCUT2D eigenvalue weighted by molar-refractivity contribution is -0.765. The molecule has 9 N–H and O–H groups in total. The lowest BCUT2D eigenvalue weighted by Crippen LogP contribution is -2.63. The first kappa shape index (κ1) is 33.1. The minimum Gasteiger partial charge on any atom is -0.543 e. The highest BCUT2D eigenvalue weighted by atomic mass is 32.2. The van der Waals surface area contributed by atoms with Crippen LogP contribution in [0.2, 0.25) is 0 Å². The summed E-state index contributed by atoms with van der Waals surface area (Å²) in [5, 5.41) is 29.8. The Balaban J connectivity index is 1.54. The maximum Gasteiger partial charge on any atom is 0.350 e. The first-order valence-electron chi connectivity index (χ1n) is 13.3. The number of carbonyl (C=O) groups excluding carboxylic acids is 4. The van der Waals surface area contributed by atoms with E-state index in [-0.39, 0.29) is 53.5 Å². The van der Waals surface area contributed by atoms with Crippen molar-refractivity contribution in [3.05, 3.63) is 23.3 Å². The van der Waals surface area contributed by atoms with Crippen LogP contribution in [-0.2, 0) is 37.6 Å². The van der Waals surface area contributed by atoms with Crippen molar-refractivity contribution in [1.29, 1.82) is 0 Å². The monoisotopic (exact) mass is 665 g/mol. The number of rotatable bonds is 13. The van der Waals surface area contributed by atoms with Crippen molar-refractivity contribution >= 4 is 75.3 Å². The Labute approximate surface area is 263 Å². The van der Waals surface area contributed by atoms with Crippen LogP contribution in [-0.4, -0.2) is 89.2 Å². The average molecular weight is 666 g/mol. The molecule has 21 heteroatoms. The van der Waals surface area contributed by atoms with Crippen LogP contribution >= 0.6 is 23.3 Å². The summed E-state index contributed by atoms with van der Waals surface area (Å²) in [6.45, 7) is 2.93. The van der Waals surface area contributed by atoms with Gasteiger partial charge in [0.2, 0.25) is 23.5 Å². The third kappa shape index (κ3) is 6.83. The fraction of sp³-hybridized carbons (Fsp3) is 0.458. The van der Waals surface area contributed by atoms with E-state index in [0.29, 0.717) is 5.57 Å². The van der Waals surface area contributed by atoms with Gasteiger partial charge in [-0.15, -0.1) is 21.1 Å². The fourth-order valence-corrected chi connectivity index (χ4v) is 6.22. The molecule has 2 aliphatic rings. The molecule has 4 heterocycles. The van der Waals surface area contributed by atoms with Crippen LogP contribution in [0.15, 0.2) is 22.6 Å². The summed E-state index contributed by atoms with van der Waals surface area (Å²) in [7, 11) is 1.61. The van der Waals surface area contributed by atoms with Crippen molar-refractivity contribution < 1.29 is 43.7 Å². The second-order valence-corrected chi connectivity index (χ2v) is 12.3. The van der Waals surface area contributed by atoms with Crippen LogP contribution in [0.5, 0.6) is 0 Å². The van der Waals surface area contributed by atoms with Gasteiger partial charge in [0.1, 0.15) is 0 Å². The molecule has 1 fully saturated rings. The number of aliphatic carboxylic acids is 2. The predicted molar refractivity (Wildman–Crippen MR) is 158 cm³/mol. The maximum atomic E-state index is 13.3. The number of nitrogen functional groups attached to an aromatic ring is 2. The second-order valence-electron chi connectivity index (χ2n) is 10.4. The number of ketones is 1. The number of nitrogens with one attached hydrogen (secondary N) is 2. The number of anilines is 3. The minimum atomic E-state index is -1.80. The number of fused-ring (bicyclic) bond motifs is 1. The summed E-state index contributed by atoms with van der Waals surface area (Å²) in [5.41, 5.74) is 15.2. The number of oxime groups is 1. The Morgan fingerprint density at radius 2 is 2.02 bits per heavy atom. The van der Waals surface area contributed by atoms with Gasteiger partial charge in [0.15, 0.2) is 34.7 Å². The molecule has 2 atom stereocenters. The van der Waals surface area contributed by atoms with Crippen molar-refractivity contribution in [3.63, 3.8) is 0 Å². The number of β-lactam (4-membered cyclic amide) rings is 1. The van der Waals surface area contributed by atoms with Crippen molar-refractivity contribution in [3.8, 4) is 0 Å². The van der Waals surface area contributed by atoms with Crippen LogP contribution in [0, 0.1) is 5.92 Å². The Morgan fingerprint density at radius 1 is 1.31 bits per heavy atom. The van der Waals surface area contributed by atoms with Crippen molar-refractivity contribution in [2.45, 2.75) is 37.8 Å². The second kappa shape index (κ2) is 13.1. The van der Waals surface area contributed by atoms with Gasteiger partial charge in [-0.2, -0.15) is 9.36 Å². The standard InChI is InChI=1S/C24H31N11O8S2/c1-24(2,21(40)41)43-31-14(17-30-22(27)45-32-17)13(36)6-11-18(37)35-15(20(38)39)10(9-44-19(11)35)7-34-8-12(16(26)33(34)3)29-23(42)28-5-4-25/h8,11,19,26H,4-7,9,25H2,1-3H3,(H6,27,28,29,30,32,38,39,40,41,42)/b31-14+/t11-,19-/m1/s1. The van der Waals surface area contributed by atoms with E-state index < -0.39 is 58.7 Å². The van der Waals surface area contributed by atoms with Crippen molar-refractivity contribution in [2.75, 3.05) is 35.6 Å². The number of hydrogen-bond acceptors (Lipinski definition) is 15. The molecule has 0 unspecified atom stereocenters. The molecular formula is C24H31N11O8S2. The lowest BCUT2D eigenvalue weighted by Gasteiger charge is -2.50. The molecule has 242 valence electrons. The Bertz CT molecular complexity index is 1620. The Hall–Kier alpha value is -4.76. The SMILES string of the molecule is Cn1c(N)c(NC(=O)NCCN)c[n+]1CC1=C(C(=O)[O-])N2C(=O)[C@@H](CC(=O)/C(=N\OC(C)(C)C(=O)O)c3nsc(N)n3)[C@H]2SC1. The van der Waals surface area contributed by atoms with Gasteiger partial charge in [0.25, 0.3) is 0 Å². The minimum absolute atomic E-state index is 0.00632. The molecule has 3 amide bonds. The summed E-state index contributed by atoms with van der Waals surface area (Å²) in [6, 6.07) is -0.526. The molecule has 0 aliphatic carbocycles. The topological polar surface area (TPSA) is 290 Å². The zero-order valence-corrected chi connectivity index (χ0v) is 25.9. The molecule has 0 aromatic carbocycles. The Kier molecular flexibility index (Phi) is 9.63. The summed E-state index contributed by atoms with van der Waals surface area (Å²) in [6.07, 6.45) is 1.10. The number of thioether (sulfide) groups is 1. The van der Waals surface area contributed by atoms with Crippen LogP contribution < -0.4 is 37.6 Å². The zero-order valence-electron chi connectivity index (χ0n) is 24.3. The highest BCUT2D eigenvalue weighted by Crippen LogP contribution is 2.45. The molecule has 19 nitrogen and oxygen atoms in total. The molecule has 2 aromatic heterocycles. The number of amides is 3. The highest BCUT2D eigenvalue weighted by Gasteiger charge is 2.53. The highest BCUT2D eigenvalue weighted by molar-refractivity contribution is 8.00. The van der Waals surface area contributed by atoms with E-state index in [4.69, 9.17) is 22.0 Å². The number of hydrogen-bond donors (Lipinski definition) is 6. The van der Waals surface area contributed by atoms with E-state index in [1.165, 1.54) is 36.5 Å². The van der Waals surface area contributed by atoms with Gasteiger partial charge in [-0.3, -0.25) is 19.8 Å². The first-order chi connectivity index (χ1) is 21.2. The normalized spacial score (nSPS) is 18.3. The third-order valence-electron chi connectivity index (χ3n) is 6.87. The van der Waals surface area contributed by atoms with Crippen LogP contribution in [0.25, 0.3) is 0 Å². The number of aromatic nitrogens is 4. The molecule has 4 rings (SSSR count). The molecule has 0 radical (unpaired) electrons. The summed E-state index contributed by atoms with van der Waals surface area (Å²) < 4.78 is 7.01. The molecule has 0 spiro atoms. The third-order valence-corrected chi connectivity index (χ3v) is 8.81. The van der Waals surface area contributed by atoms with Gasteiger partial charge in [-0.1, -0.05) is 5.16 Å².